The normalized spacial score (nSPS) is 11.4. The highest BCUT2D eigenvalue weighted by Crippen LogP contribution is 2.17. The third-order valence-corrected chi connectivity index (χ3v) is 3.19. The van der Waals surface area contributed by atoms with Gasteiger partial charge in [0.25, 0.3) is 5.91 Å². The Morgan fingerprint density at radius 3 is 2.71 bits per heavy atom. The molecule has 17 heavy (non-hydrogen) atoms. The number of hydrogen-bond donors (Lipinski definition) is 1. The first-order chi connectivity index (χ1) is 7.85. The monoisotopic (exact) mass is 321 g/mol. The maximum atomic E-state index is 13.3. The van der Waals surface area contributed by atoms with Crippen LogP contribution >= 0.6 is 27.5 Å². The molecule has 0 atom stereocenters. The van der Waals surface area contributed by atoms with Gasteiger partial charge in [-0.25, -0.2) is 4.39 Å². The molecule has 1 rings (SSSR count). The SMILES string of the molecule is CC(C)(CCCl)NC(=O)c1ccc(Br)c(F)c1. The number of alkyl halides is 1. The fourth-order valence-corrected chi connectivity index (χ4v) is 2.03. The zero-order chi connectivity index (χ0) is 13.1. The van der Waals surface area contributed by atoms with Gasteiger partial charge >= 0.3 is 0 Å². The standard InChI is InChI=1S/C12H14BrClFNO/c1-12(2,5-6-14)16-11(17)8-3-4-9(13)10(15)7-8/h3-4,7H,5-6H2,1-2H3,(H,16,17). The number of benzene rings is 1. The smallest absolute Gasteiger partial charge is 0.251 e. The lowest BCUT2D eigenvalue weighted by Gasteiger charge is -2.25. The predicted octanol–water partition coefficient (Wildman–Crippen LogP) is 3.73. The summed E-state index contributed by atoms with van der Waals surface area (Å²) in [5.74, 6) is -0.290. The lowest BCUT2D eigenvalue weighted by atomic mass is 10.0. The summed E-state index contributed by atoms with van der Waals surface area (Å²) < 4.78 is 13.6. The highest BCUT2D eigenvalue weighted by Gasteiger charge is 2.20. The van der Waals surface area contributed by atoms with Gasteiger partial charge in [-0.2, -0.15) is 0 Å². The summed E-state index contributed by atoms with van der Waals surface area (Å²) >= 11 is 8.68. The van der Waals surface area contributed by atoms with E-state index in [2.05, 4.69) is 21.2 Å². The summed E-state index contributed by atoms with van der Waals surface area (Å²) in [7, 11) is 0. The Bertz CT molecular complexity index is 423. The zero-order valence-electron chi connectivity index (χ0n) is 9.69. The molecule has 0 unspecified atom stereocenters. The first-order valence-electron chi connectivity index (χ1n) is 5.19. The van der Waals surface area contributed by atoms with Gasteiger partial charge in [-0.15, -0.1) is 11.6 Å². The molecule has 0 spiro atoms. The molecule has 5 heteroatoms. The second-order valence-corrected chi connectivity index (χ2v) is 5.64. The van der Waals surface area contributed by atoms with E-state index in [1.165, 1.54) is 12.1 Å². The molecule has 0 fully saturated rings. The molecule has 0 aliphatic rings. The maximum Gasteiger partial charge on any atom is 0.251 e. The van der Waals surface area contributed by atoms with E-state index in [1.807, 2.05) is 13.8 Å². The second kappa shape index (κ2) is 5.83. The van der Waals surface area contributed by atoms with Crippen molar-refractivity contribution in [1.29, 1.82) is 0 Å². The van der Waals surface area contributed by atoms with Crippen molar-refractivity contribution >= 4 is 33.4 Å². The van der Waals surface area contributed by atoms with Crippen LogP contribution in [0.5, 0.6) is 0 Å². The van der Waals surface area contributed by atoms with Gasteiger partial charge in [0.2, 0.25) is 0 Å². The number of hydrogen-bond acceptors (Lipinski definition) is 1. The number of carbonyl (C=O) groups excluding carboxylic acids is 1. The van der Waals surface area contributed by atoms with Crippen molar-refractivity contribution in [2.24, 2.45) is 0 Å². The van der Waals surface area contributed by atoms with Crippen molar-refractivity contribution in [1.82, 2.24) is 5.32 Å². The third-order valence-electron chi connectivity index (χ3n) is 2.35. The maximum absolute atomic E-state index is 13.3. The highest BCUT2D eigenvalue weighted by molar-refractivity contribution is 9.10. The molecule has 0 saturated carbocycles. The minimum absolute atomic E-state index is 0.299. The average molecular weight is 323 g/mol. The molecule has 1 amide bonds. The van der Waals surface area contributed by atoms with Crippen molar-refractivity contribution < 1.29 is 9.18 Å². The molecule has 94 valence electrons. The zero-order valence-corrected chi connectivity index (χ0v) is 12.0. The molecular formula is C12H14BrClFNO. The van der Waals surface area contributed by atoms with Gasteiger partial charge in [0.1, 0.15) is 5.82 Å². The van der Waals surface area contributed by atoms with E-state index < -0.39 is 11.4 Å². The minimum atomic E-state index is -0.451. The van der Waals surface area contributed by atoms with E-state index >= 15 is 0 Å². The summed E-state index contributed by atoms with van der Waals surface area (Å²) in [4.78, 5) is 11.9. The molecule has 0 heterocycles. The van der Waals surface area contributed by atoms with Crippen LogP contribution in [-0.4, -0.2) is 17.3 Å². The highest BCUT2D eigenvalue weighted by atomic mass is 79.9. The first kappa shape index (κ1) is 14.5. The Balaban J connectivity index is 2.80. The van der Waals surface area contributed by atoms with Crippen LogP contribution in [0, 0.1) is 5.82 Å². The Labute approximate surface area is 114 Å². The lowest BCUT2D eigenvalue weighted by molar-refractivity contribution is 0.0911. The summed E-state index contributed by atoms with van der Waals surface area (Å²) in [6, 6.07) is 4.29. The number of nitrogens with one attached hydrogen (secondary N) is 1. The molecular weight excluding hydrogens is 308 g/mol. The number of carbonyl (C=O) groups is 1. The lowest BCUT2D eigenvalue weighted by Crippen LogP contribution is -2.43. The van der Waals surface area contributed by atoms with E-state index in [0.29, 0.717) is 22.3 Å². The quantitative estimate of drug-likeness (QED) is 0.841. The van der Waals surface area contributed by atoms with Crippen LogP contribution in [-0.2, 0) is 0 Å². The summed E-state index contributed by atoms with van der Waals surface area (Å²) in [5.41, 5.74) is -0.101. The Morgan fingerprint density at radius 2 is 2.18 bits per heavy atom. The largest absolute Gasteiger partial charge is 0.347 e. The molecule has 0 radical (unpaired) electrons. The van der Waals surface area contributed by atoms with Crippen molar-refractivity contribution in [2.45, 2.75) is 25.8 Å². The third kappa shape index (κ3) is 4.28. The topological polar surface area (TPSA) is 29.1 Å². The molecule has 0 bridgehead atoms. The molecule has 1 N–H and O–H groups in total. The van der Waals surface area contributed by atoms with Crippen LogP contribution < -0.4 is 5.32 Å². The van der Waals surface area contributed by atoms with E-state index in [-0.39, 0.29) is 5.91 Å². The van der Waals surface area contributed by atoms with Crippen molar-refractivity contribution in [3.63, 3.8) is 0 Å². The van der Waals surface area contributed by atoms with Crippen LogP contribution in [0.4, 0.5) is 4.39 Å². The van der Waals surface area contributed by atoms with Crippen molar-refractivity contribution in [2.75, 3.05) is 5.88 Å². The van der Waals surface area contributed by atoms with Crippen LogP contribution in [0.1, 0.15) is 30.6 Å². The fourth-order valence-electron chi connectivity index (χ4n) is 1.32. The minimum Gasteiger partial charge on any atom is -0.347 e. The Hall–Kier alpha value is -0.610. The average Bonchev–Trinajstić information content (AvgIpc) is 2.21. The number of rotatable bonds is 4. The van der Waals surface area contributed by atoms with Crippen LogP contribution in [0.15, 0.2) is 22.7 Å². The van der Waals surface area contributed by atoms with Gasteiger partial charge in [0.15, 0.2) is 0 Å². The molecule has 0 aliphatic carbocycles. The Morgan fingerprint density at radius 1 is 1.53 bits per heavy atom. The fraction of sp³-hybridized carbons (Fsp3) is 0.417. The van der Waals surface area contributed by atoms with Gasteiger partial charge in [-0.05, 0) is 54.4 Å². The summed E-state index contributed by atoms with van der Waals surface area (Å²) in [6.07, 6.45) is 0.652. The number of halogens is 3. The van der Waals surface area contributed by atoms with Gasteiger partial charge in [-0.1, -0.05) is 0 Å². The van der Waals surface area contributed by atoms with Crippen molar-refractivity contribution in [3.05, 3.63) is 34.1 Å². The van der Waals surface area contributed by atoms with E-state index in [0.717, 1.165) is 0 Å². The predicted molar refractivity (Wildman–Crippen MR) is 71.0 cm³/mol. The molecule has 0 saturated heterocycles. The van der Waals surface area contributed by atoms with Crippen LogP contribution in [0.2, 0.25) is 0 Å². The van der Waals surface area contributed by atoms with E-state index in [1.54, 1.807) is 6.07 Å². The summed E-state index contributed by atoms with van der Waals surface area (Å²) in [6.45, 7) is 3.75. The molecule has 1 aromatic carbocycles. The van der Waals surface area contributed by atoms with Gasteiger partial charge in [0.05, 0.1) is 4.47 Å². The van der Waals surface area contributed by atoms with Crippen molar-refractivity contribution in [3.8, 4) is 0 Å². The van der Waals surface area contributed by atoms with E-state index in [9.17, 15) is 9.18 Å². The van der Waals surface area contributed by atoms with Gasteiger partial charge in [0, 0.05) is 17.0 Å². The molecule has 2 nitrogen and oxygen atoms in total. The van der Waals surface area contributed by atoms with E-state index in [4.69, 9.17) is 11.6 Å². The van der Waals surface area contributed by atoms with Crippen LogP contribution in [0.25, 0.3) is 0 Å². The Kier molecular flexibility index (Phi) is 4.95. The number of amides is 1. The van der Waals surface area contributed by atoms with Crippen LogP contribution in [0.3, 0.4) is 0 Å². The first-order valence-corrected chi connectivity index (χ1v) is 6.52. The van der Waals surface area contributed by atoms with Gasteiger partial charge < -0.3 is 5.32 Å². The second-order valence-electron chi connectivity index (χ2n) is 4.41. The molecule has 0 aromatic heterocycles. The molecule has 0 aliphatic heterocycles. The summed E-state index contributed by atoms with van der Waals surface area (Å²) in [5, 5.41) is 2.81. The molecule has 1 aromatic rings. The van der Waals surface area contributed by atoms with Gasteiger partial charge in [-0.3, -0.25) is 4.79 Å².